The lowest BCUT2D eigenvalue weighted by atomic mass is 10.0. The molecule has 0 aliphatic carbocycles. The summed E-state index contributed by atoms with van der Waals surface area (Å²) in [6.07, 6.45) is 6.58. The van der Waals surface area contributed by atoms with Gasteiger partial charge in [0.15, 0.2) is 0 Å². The van der Waals surface area contributed by atoms with Gasteiger partial charge in [0, 0.05) is 6.54 Å². The number of allylic oxidation sites excluding steroid dienone is 1. The molecule has 0 saturated carbocycles. The van der Waals surface area contributed by atoms with Crippen LogP contribution < -0.4 is 10.6 Å². The Labute approximate surface area is 150 Å². The van der Waals surface area contributed by atoms with E-state index in [-0.39, 0.29) is 18.2 Å². The van der Waals surface area contributed by atoms with Crippen molar-refractivity contribution in [3.63, 3.8) is 0 Å². The summed E-state index contributed by atoms with van der Waals surface area (Å²) in [4.78, 5) is 12.1. The fourth-order valence-corrected chi connectivity index (χ4v) is 2.70. The smallest absolute Gasteiger partial charge is 0.408 e. The first-order valence-electron chi connectivity index (χ1n) is 9.00. The van der Waals surface area contributed by atoms with Crippen LogP contribution in [-0.4, -0.2) is 30.9 Å². The van der Waals surface area contributed by atoms with Crippen LogP contribution in [0.1, 0.15) is 51.6 Å². The van der Waals surface area contributed by atoms with E-state index in [2.05, 4.69) is 10.6 Å². The van der Waals surface area contributed by atoms with E-state index in [0.29, 0.717) is 0 Å². The molecule has 2 N–H and O–H groups in total. The van der Waals surface area contributed by atoms with Gasteiger partial charge in [0.1, 0.15) is 11.7 Å². The van der Waals surface area contributed by atoms with Gasteiger partial charge in [0.25, 0.3) is 0 Å². The Morgan fingerprint density at radius 3 is 2.72 bits per heavy atom. The van der Waals surface area contributed by atoms with Crippen molar-refractivity contribution >= 4 is 6.09 Å². The van der Waals surface area contributed by atoms with E-state index in [9.17, 15) is 4.79 Å². The van der Waals surface area contributed by atoms with E-state index in [4.69, 9.17) is 9.47 Å². The van der Waals surface area contributed by atoms with Crippen molar-refractivity contribution in [3.05, 3.63) is 48.2 Å². The third-order valence-corrected chi connectivity index (χ3v) is 3.90. The molecule has 2 unspecified atom stereocenters. The maximum atomic E-state index is 12.1. The predicted octanol–water partition coefficient (Wildman–Crippen LogP) is 3.92. The Morgan fingerprint density at radius 2 is 2.08 bits per heavy atom. The van der Waals surface area contributed by atoms with E-state index in [0.717, 1.165) is 37.9 Å². The van der Waals surface area contributed by atoms with Gasteiger partial charge in [0.2, 0.25) is 0 Å². The van der Waals surface area contributed by atoms with Gasteiger partial charge in [-0.15, -0.1) is 0 Å². The van der Waals surface area contributed by atoms with Gasteiger partial charge < -0.3 is 20.1 Å². The summed E-state index contributed by atoms with van der Waals surface area (Å²) in [5.41, 5.74) is 0.571. The number of carbonyl (C=O) groups excluding carboxylic acids is 1. The van der Waals surface area contributed by atoms with Gasteiger partial charge in [-0.3, -0.25) is 0 Å². The highest BCUT2D eigenvalue weighted by atomic mass is 16.6. The summed E-state index contributed by atoms with van der Waals surface area (Å²) in [7, 11) is 0. The summed E-state index contributed by atoms with van der Waals surface area (Å²) in [6, 6.07) is 9.90. The number of hydrogen-bond donors (Lipinski definition) is 2. The van der Waals surface area contributed by atoms with Gasteiger partial charge in [-0.05, 0) is 58.2 Å². The first kappa shape index (κ1) is 19.3. The molecule has 0 bridgehead atoms. The summed E-state index contributed by atoms with van der Waals surface area (Å²) in [5.74, 6) is 0. The maximum absolute atomic E-state index is 12.1. The number of ether oxygens (including phenoxy) is 2. The molecule has 2 rings (SSSR count). The molecule has 1 aromatic rings. The van der Waals surface area contributed by atoms with Crippen LogP contribution in [0.4, 0.5) is 4.79 Å². The largest absolute Gasteiger partial charge is 0.497 e. The second kappa shape index (κ2) is 9.47. The lowest BCUT2D eigenvalue weighted by Gasteiger charge is -2.24. The second-order valence-electron chi connectivity index (χ2n) is 7.31. The molecular weight excluding hydrogens is 316 g/mol. The molecule has 0 spiro atoms. The van der Waals surface area contributed by atoms with Crippen LogP contribution in [0.3, 0.4) is 0 Å². The molecule has 0 saturated heterocycles. The topological polar surface area (TPSA) is 59.6 Å². The normalized spacial score (nSPS) is 18.3. The molecule has 5 nitrogen and oxygen atoms in total. The zero-order valence-corrected chi connectivity index (χ0v) is 15.5. The first-order chi connectivity index (χ1) is 11.9. The van der Waals surface area contributed by atoms with Gasteiger partial charge in [-0.1, -0.05) is 30.3 Å². The standard InChI is InChI=1S/C20H30N2O3/c1-20(2,3)25-19(23)22-18(16-9-5-4-6-10-16)12-13-21-15-17-11-7-8-14-24-17/h4-6,8-10,14,17-18,21H,7,11-13,15H2,1-3H3,(H,22,23). The van der Waals surface area contributed by atoms with Gasteiger partial charge in [-0.25, -0.2) is 4.79 Å². The SMILES string of the molecule is CC(C)(C)OC(=O)NC(CCNCC1CCC=CO1)c1ccccc1. The number of hydrogen-bond acceptors (Lipinski definition) is 4. The highest BCUT2D eigenvalue weighted by Crippen LogP contribution is 2.17. The predicted molar refractivity (Wildman–Crippen MR) is 99.3 cm³/mol. The fraction of sp³-hybridized carbons (Fsp3) is 0.550. The van der Waals surface area contributed by atoms with E-state index < -0.39 is 5.60 Å². The van der Waals surface area contributed by atoms with Crippen molar-refractivity contribution in [2.45, 2.75) is 57.8 Å². The zero-order chi connectivity index (χ0) is 18.1. The van der Waals surface area contributed by atoms with Crippen molar-refractivity contribution in [3.8, 4) is 0 Å². The molecule has 0 aromatic heterocycles. The van der Waals surface area contributed by atoms with Crippen LogP contribution in [0.15, 0.2) is 42.7 Å². The number of rotatable bonds is 7. The quantitative estimate of drug-likeness (QED) is 0.735. The van der Waals surface area contributed by atoms with Crippen LogP contribution in [0, 0.1) is 0 Å². The molecule has 25 heavy (non-hydrogen) atoms. The van der Waals surface area contributed by atoms with Crippen molar-refractivity contribution in [1.82, 2.24) is 10.6 Å². The lowest BCUT2D eigenvalue weighted by Crippen LogP contribution is -2.37. The van der Waals surface area contributed by atoms with E-state index in [1.807, 2.05) is 57.2 Å². The minimum Gasteiger partial charge on any atom is -0.497 e. The second-order valence-corrected chi connectivity index (χ2v) is 7.31. The fourth-order valence-electron chi connectivity index (χ4n) is 2.70. The molecule has 1 aromatic carbocycles. The molecule has 1 amide bonds. The number of benzene rings is 1. The molecular formula is C20H30N2O3. The Morgan fingerprint density at radius 1 is 1.32 bits per heavy atom. The summed E-state index contributed by atoms with van der Waals surface area (Å²) in [6.45, 7) is 7.20. The Hall–Kier alpha value is -2.01. The Bertz CT molecular complexity index is 552. The van der Waals surface area contributed by atoms with Crippen LogP contribution in [0.5, 0.6) is 0 Å². The van der Waals surface area contributed by atoms with Crippen molar-refractivity contribution in [2.24, 2.45) is 0 Å². The van der Waals surface area contributed by atoms with Gasteiger partial charge in [0.05, 0.1) is 12.3 Å². The average molecular weight is 346 g/mol. The van der Waals surface area contributed by atoms with E-state index in [1.54, 1.807) is 6.26 Å². The van der Waals surface area contributed by atoms with E-state index >= 15 is 0 Å². The molecule has 0 fully saturated rings. The molecule has 1 aliphatic heterocycles. The Kier molecular flexibility index (Phi) is 7.31. The van der Waals surface area contributed by atoms with Crippen molar-refractivity contribution in [1.29, 1.82) is 0 Å². The molecule has 5 heteroatoms. The highest BCUT2D eigenvalue weighted by molar-refractivity contribution is 5.68. The van der Waals surface area contributed by atoms with Gasteiger partial charge >= 0.3 is 6.09 Å². The molecule has 1 heterocycles. The van der Waals surface area contributed by atoms with Gasteiger partial charge in [-0.2, -0.15) is 0 Å². The minimum absolute atomic E-state index is 0.0873. The summed E-state index contributed by atoms with van der Waals surface area (Å²) < 4.78 is 10.9. The molecule has 1 aliphatic rings. The number of alkyl carbamates (subject to hydrolysis) is 1. The average Bonchev–Trinajstić information content (AvgIpc) is 2.58. The number of amides is 1. The van der Waals surface area contributed by atoms with Crippen LogP contribution in [0.2, 0.25) is 0 Å². The molecule has 2 atom stereocenters. The number of carbonyl (C=O) groups is 1. The lowest BCUT2D eigenvalue weighted by molar-refractivity contribution is 0.0500. The van der Waals surface area contributed by atoms with E-state index in [1.165, 1.54) is 0 Å². The third-order valence-electron chi connectivity index (χ3n) is 3.90. The third kappa shape index (κ3) is 7.61. The molecule has 138 valence electrons. The summed E-state index contributed by atoms with van der Waals surface area (Å²) in [5, 5.41) is 6.41. The highest BCUT2D eigenvalue weighted by Gasteiger charge is 2.20. The number of nitrogens with one attached hydrogen (secondary N) is 2. The Balaban J connectivity index is 1.84. The van der Waals surface area contributed by atoms with Crippen LogP contribution in [-0.2, 0) is 9.47 Å². The molecule has 0 radical (unpaired) electrons. The van der Waals surface area contributed by atoms with Crippen molar-refractivity contribution < 1.29 is 14.3 Å². The maximum Gasteiger partial charge on any atom is 0.408 e. The summed E-state index contributed by atoms with van der Waals surface area (Å²) >= 11 is 0. The monoisotopic (exact) mass is 346 g/mol. The first-order valence-corrected chi connectivity index (χ1v) is 9.00. The van der Waals surface area contributed by atoms with Crippen molar-refractivity contribution in [2.75, 3.05) is 13.1 Å². The van der Waals surface area contributed by atoms with Crippen LogP contribution in [0.25, 0.3) is 0 Å². The zero-order valence-electron chi connectivity index (χ0n) is 15.5. The minimum atomic E-state index is -0.505. The van der Waals surface area contributed by atoms with Crippen LogP contribution >= 0.6 is 0 Å².